The summed E-state index contributed by atoms with van der Waals surface area (Å²) in [4.78, 5) is 0. The Morgan fingerprint density at radius 3 is 2.62 bits per heavy atom. The van der Waals surface area contributed by atoms with Crippen LogP contribution in [0.2, 0.25) is 0 Å². The van der Waals surface area contributed by atoms with Gasteiger partial charge in [0.2, 0.25) is 0 Å². The summed E-state index contributed by atoms with van der Waals surface area (Å²) in [6.07, 6.45) is 1.75. The number of nitrogen functional groups attached to an aromatic ring is 2. The fourth-order valence-electron chi connectivity index (χ4n) is 2.54. The van der Waals surface area contributed by atoms with Crippen molar-refractivity contribution in [3.8, 4) is 5.75 Å². The highest BCUT2D eigenvalue weighted by molar-refractivity contribution is 9.10. The average molecular weight is 423 g/mol. The van der Waals surface area contributed by atoms with E-state index in [-0.39, 0.29) is 35.7 Å². The van der Waals surface area contributed by atoms with E-state index >= 15 is 0 Å². The number of aryl methyl sites for hydroxylation is 1. The third kappa shape index (κ3) is 3.80. The summed E-state index contributed by atoms with van der Waals surface area (Å²) in [7, 11) is 1.78. The van der Waals surface area contributed by atoms with Crippen LogP contribution >= 0.6 is 15.9 Å². The van der Waals surface area contributed by atoms with Crippen LogP contribution in [0.25, 0.3) is 0 Å². The lowest BCUT2D eigenvalue weighted by Gasteiger charge is -2.15. The van der Waals surface area contributed by atoms with Gasteiger partial charge in [0.05, 0.1) is 17.1 Å². The minimum atomic E-state index is -0.705. The van der Waals surface area contributed by atoms with Gasteiger partial charge in [0.15, 0.2) is 5.82 Å². The molecule has 5 nitrogen and oxygen atoms in total. The maximum Gasteiger partial charge on any atom is 0.155 e. The average Bonchev–Trinajstić information content (AvgIpc) is 3.01. The van der Waals surface area contributed by atoms with Gasteiger partial charge >= 0.3 is 0 Å². The van der Waals surface area contributed by atoms with Gasteiger partial charge in [-0.15, -0.1) is 0 Å². The number of ether oxygens (including phenoxy) is 1. The predicted octanol–water partition coefficient (Wildman–Crippen LogP) is 3.80. The van der Waals surface area contributed by atoms with Crippen molar-refractivity contribution in [2.45, 2.75) is 13.0 Å². The first-order chi connectivity index (χ1) is 12.3. The van der Waals surface area contributed by atoms with E-state index in [0.29, 0.717) is 15.7 Å². The van der Waals surface area contributed by atoms with Gasteiger partial charge in [-0.3, -0.25) is 4.68 Å². The lowest BCUT2D eigenvalue weighted by Crippen LogP contribution is -2.08. The Balaban J connectivity index is 1.95. The van der Waals surface area contributed by atoms with Crippen molar-refractivity contribution in [3.63, 3.8) is 0 Å². The minimum absolute atomic E-state index is 0.0209. The summed E-state index contributed by atoms with van der Waals surface area (Å²) in [5, 5.41) is 4.20. The van der Waals surface area contributed by atoms with E-state index in [4.69, 9.17) is 16.2 Å². The molecule has 0 atom stereocenters. The minimum Gasteiger partial charge on any atom is -0.487 e. The van der Waals surface area contributed by atoms with Crippen LogP contribution in [-0.4, -0.2) is 9.78 Å². The van der Waals surface area contributed by atoms with E-state index in [1.165, 1.54) is 12.1 Å². The number of halogens is 3. The van der Waals surface area contributed by atoms with Gasteiger partial charge in [0.1, 0.15) is 18.2 Å². The summed E-state index contributed by atoms with van der Waals surface area (Å²) in [6, 6.07) is 7.82. The van der Waals surface area contributed by atoms with Crippen LogP contribution in [0.5, 0.6) is 5.75 Å². The highest BCUT2D eigenvalue weighted by Crippen LogP contribution is 2.34. The molecule has 3 aromatic rings. The number of nitrogens with two attached hydrogens (primary N) is 2. The predicted molar refractivity (Wildman–Crippen MR) is 99.7 cm³/mol. The van der Waals surface area contributed by atoms with Gasteiger partial charge in [-0.05, 0) is 23.8 Å². The van der Waals surface area contributed by atoms with Gasteiger partial charge in [0, 0.05) is 35.8 Å². The van der Waals surface area contributed by atoms with Crippen LogP contribution in [0.4, 0.5) is 20.2 Å². The topological polar surface area (TPSA) is 79.1 Å². The summed E-state index contributed by atoms with van der Waals surface area (Å²) in [5.41, 5.74) is 12.5. The molecule has 0 spiro atoms. The van der Waals surface area contributed by atoms with Crippen molar-refractivity contribution in [2.24, 2.45) is 7.05 Å². The maximum absolute atomic E-state index is 14.7. The lowest BCUT2D eigenvalue weighted by atomic mass is 10.0. The van der Waals surface area contributed by atoms with Crippen molar-refractivity contribution < 1.29 is 13.5 Å². The van der Waals surface area contributed by atoms with Crippen LogP contribution < -0.4 is 16.2 Å². The standard InChI is InChI=1S/C18H17BrF2N4O/c1-25-5-4-12(24-25)9-26-16-8-15(22)18(23)17(21)13(16)6-10-2-3-11(19)7-14(10)20/h2-5,7-8H,6,9,22-23H2,1H3. The summed E-state index contributed by atoms with van der Waals surface area (Å²) < 4.78 is 36.8. The Hall–Kier alpha value is -2.61. The first kappa shape index (κ1) is 18.2. The fourth-order valence-corrected chi connectivity index (χ4v) is 2.88. The number of anilines is 2. The van der Waals surface area contributed by atoms with Crippen LogP contribution in [0, 0.1) is 11.6 Å². The fraction of sp³-hybridized carbons (Fsp3) is 0.167. The molecule has 26 heavy (non-hydrogen) atoms. The Labute approximate surface area is 157 Å². The number of rotatable bonds is 5. The second-order valence-corrected chi connectivity index (χ2v) is 6.77. The highest BCUT2D eigenvalue weighted by atomic mass is 79.9. The summed E-state index contributed by atoms with van der Waals surface area (Å²) in [5.74, 6) is -0.949. The molecule has 8 heteroatoms. The molecule has 0 aliphatic heterocycles. The molecule has 0 saturated carbocycles. The monoisotopic (exact) mass is 422 g/mol. The molecular formula is C18H17BrF2N4O. The number of hydrogen-bond donors (Lipinski definition) is 2. The van der Waals surface area contributed by atoms with Gasteiger partial charge in [-0.25, -0.2) is 8.78 Å². The molecule has 136 valence electrons. The number of nitrogens with zero attached hydrogens (tertiary/aromatic N) is 2. The van der Waals surface area contributed by atoms with Crippen LogP contribution in [0.1, 0.15) is 16.8 Å². The van der Waals surface area contributed by atoms with E-state index < -0.39 is 11.6 Å². The van der Waals surface area contributed by atoms with Gasteiger partial charge in [0.25, 0.3) is 0 Å². The van der Waals surface area contributed by atoms with Gasteiger partial charge < -0.3 is 16.2 Å². The van der Waals surface area contributed by atoms with E-state index in [2.05, 4.69) is 21.0 Å². The molecule has 0 bridgehead atoms. The SMILES string of the molecule is Cn1ccc(COc2cc(N)c(N)c(F)c2Cc2ccc(Br)cc2F)n1. The van der Waals surface area contributed by atoms with Gasteiger partial charge in [-0.2, -0.15) is 5.10 Å². The zero-order valence-electron chi connectivity index (χ0n) is 14.0. The van der Waals surface area contributed by atoms with Crippen molar-refractivity contribution in [2.75, 3.05) is 11.5 Å². The van der Waals surface area contributed by atoms with E-state index in [0.717, 1.165) is 0 Å². The van der Waals surface area contributed by atoms with Crippen molar-refractivity contribution >= 4 is 27.3 Å². The molecule has 3 rings (SSSR count). The van der Waals surface area contributed by atoms with Crippen LogP contribution in [-0.2, 0) is 20.1 Å². The first-order valence-electron chi connectivity index (χ1n) is 7.76. The third-order valence-corrected chi connectivity index (χ3v) is 4.42. The van der Waals surface area contributed by atoms with E-state index in [1.807, 2.05) is 0 Å². The molecule has 0 saturated heterocycles. The normalized spacial score (nSPS) is 10.9. The van der Waals surface area contributed by atoms with Crippen molar-refractivity contribution in [3.05, 3.63) is 69.5 Å². The number of hydrogen-bond acceptors (Lipinski definition) is 4. The molecule has 0 aliphatic rings. The molecule has 0 amide bonds. The quantitative estimate of drug-likeness (QED) is 0.612. The lowest BCUT2D eigenvalue weighted by molar-refractivity contribution is 0.295. The largest absolute Gasteiger partial charge is 0.487 e. The molecule has 2 aromatic carbocycles. The first-order valence-corrected chi connectivity index (χ1v) is 8.56. The van der Waals surface area contributed by atoms with Crippen LogP contribution in [0.15, 0.2) is 41.0 Å². The second kappa shape index (κ2) is 7.33. The smallest absolute Gasteiger partial charge is 0.155 e. The molecular weight excluding hydrogens is 406 g/mol. The van der Waals surface area contributed by atoms with E-state index in [9.17, 15) is 8.78 Å². The second-order valence-electron chi connectivity index (χ2n) is 5.85. The molecule has 1 aromatic heterocycles. The Morgan fingerprint density at radius 1 is 1.19 bits per heavy atom. The molecule has 0 unspecified atom stereocenters. The number of aromatic nitrogens is 2. The molecule has 0 radical (unpaired) electrons. The van der Waals surface area contributed by atoms with Crippen molar-refractivity contribution in [1.82, 2.24) is 9.78 Å². The number of benzene rings is 2. The Kier molecular flexibility index (Phi) is 5.13. The Bertz CT molecular complexity index is 959. The van der Waals surface area contributed by atoms with Crippen LogP contribution in [0.3, 0.4) is 0 Å². The molecule has 0 aliphatic carbocycles. The third-order valence-electron chi connectivity index (χ3n) is 3.92. The Morgan fingerprint density at radius 2 is 1.96 bits per heavy atom. The maximum atomic E-state index is 14.7. The zero-order chi connectivity index (χ0) is 18.8. The zero-order valence-corrected chi connectivity index (χ0v) is 15.6. The van der Waals surface area contributed by atoms with E-state index in [1.54, 1.807) is 36.1 Å². The molecule has 0 fully saturated rings. The molecule has 4 N–H and O–H groups in total. The van der Waals surface area contributed by atoms with Gasteiger partial charge in [-0.1, -0.05) is 22.0 Å². The summed E-state index contributed by atoms with van der Waals surface area (Å²) in [6.45, 7) is 0.124. The molecule has 1 heterocycles. The highest BCUT2D eigenvalue weighted by Gasteiger charge is 2.19. The summed E-state index contributed by atoms with van der Waals surface area (Å²) >= 11 is 3.20. The van der Waals surface area contributed by atoms with Crippen molar-refractivity contribution in [1.29, 1.82) is 0 Å².